The molecule has 0 radical (unpaired) electrons. The van der Waals surface area contributed by atoms with Crippen LogP contribution in [0.15, 0.2) is 0 Å². The van der Waals surface area contributed by atoms with Crippen molar-refractivity contribution in [3.05, 3.63) is 0 Å². The standard InChI is InChI=1S/C12H26N2O/c1-5-6-7-11(4)13-8-9-14-12(15)10(2)3/h10-11,13H,5-9H2,1-4H3,(H,14,15). The molecule has 1 unspecified atom stereocenters. The van der Waals surface area contributed by atoms with Gasteiger partial charge in [0.1, 0.15) is 0 Å². The van der Waals surface area contributed by atoms with Gasteiger partial charge in [-0.2, -0.15) is 0 Å². The van der Waals surface area contributed by atoms with Gasteiger partial charge in [-0.3, -0.25) is 4.79 Å². The van der Waals surface area contributed by atoms with Crippen LogP contribution in [0, 0.1) is 5.92 Å². The van der Waals surface area contributed by atoms with Crippen LogP contribution in [0.4, 0.5) is 0 Å². The Morgan fingerprint density at radius 3 is 2.40 bits per heavy atom. The van der Waals surface area contributed by atoms with E-state index in [4.69, 9.17) is 0 Å². The first-order valence-corrected chi connectivity index (χ1v) is 6.09. The number of hydrogen-bond acceptors (Lipinski definition) is 2. The maximum atomic E-state index is 11.2. The monoisotopic (exact) mass is 214 g/mol. The van der Waals surface area contributed by atoms with Gasteiger partial charge in [-0.15, -0.1) is 0 Å². The first-order chi connectivity index (χ1) is 7.07. The number of carbonyl (C=O) groups excluding carboxylic acids is 1. The summed E-state index contributed by atoms with van der Waals surface area (Å²) in [5, 5.41) is 6.29. The van der Waals surface area contributed by atoms with Gasteiger partial charge in [-0.1, -0.05) is 33.6 Å². The molecule has 0 aromatic heterocycles. The topological polar surface area (TPSA) is 41.1 Å². The zero-order valence-electron chi connectivity index (χ0n) is 10.6. The number of carbonyl (C=O) groups is 1. The summed E-state index contributed by atoms with van der Waals surface area (Å²) >= 11 is 0. The number of hydrogen-bond donors (Lipinski definition) is 2. The zero-order chi connectivity index (χ0) is 11.7. The highest BCUT2D eigenvalue weighted by atomic mass is 16.1. The molecule has 0 aliphatic rings. The van der Waals surface area contributed by atoms with Crippen molar-refractivity contribution in [1.82, 2.24) is 10.6 Å². The van der Waals surface area contributed by atoms with Crippen molar-refractivity contribution in [2.45, 2.75) is 53.0 Å². The molecule has 0 heterocycles. The van der Waals surface area contributed by atoms with E-state index in [-0.39, 0.29) is 11.8 Å². The molecule has 0 saturated heterocycles. The lowest BCUT2D eigenvalue weighted by Crippen LogP contribution is -2.37. The molecule has 15 heavy (non-hydrogen) atoms. The lowest BCUT2D eigenvalue weighted by molar-refractivity contribution is -0.123. The second-order valence-corrected chi connectivity index (χ2v) is 4.44. The lowest BCUT2D eigenvalue weighted by Gasteiger charge is -2.14. The average Bonchev–Trinajstić information content (AvgIpc) is 2.20. The van der Waals surface area contributed by atoms with Crippen molar-refractivity contribution in [2.75, 3.05) is 13.1 Å². The molecule has 2 N–H and O–H groups in total. The molecular weight excluding hydrogens is 188 g/mol. The summed E-state index contributed by atoms with van der Waals surface area (Å²) in [6.07, 6.45) is 3.73. The second kappa shape index (κ2) is 8.72. The van der Waals surface area contributed by atoms with Crippen LogP contribution in [0.1, 0.15) is 47.0 Å². The maximum absolute atomic E-state index is 11.2. The van der Waals surface area contributed by atoms with Gasteiger partial charge in [-0.05, 0) is 13.3 Å². The average molecular weight is 214 g/mol. The van der Waals surface area contributed by atoms with Crippen molar-refractivity contribution in [3.8, 4) is 0 Å². The number of nitrogens with one attached hydrogen (secondary N) is 2. The van der Waals surface area contributed by atoms with Gasteiger partial charge in [0.15, 0.2) is 0 Å². The smallest absolute Gasteiger partial charge is 0.222 e. The van der Waals surface area contributed by atoms with Crippen LogP contribution in [0.25, 0.3) is 0 Å². The fourth-order valence-electron chi connectivity index (χ4n) is 1.32. The van der Waals surface area contributed by atoms with E-state index >= 15 is 0 Å². The van der Waals surface area contributed by atoms with Crippen molar-refractivity contribution in [3.63, 3.8) is 0 Å². The van der Waals surface area contributed by atoms with E-state index in [1.807, 2.05) is 13.8 Å². The van der Waals surface area contributed by atoms with Crippen LogP contribution in [0.5, 0.6) is 0 Å². The molecule has 0 saturated carbocycles. The Balaban J connectivity index is 3.34. The van der Waals surface area contributed by atoms with E-state index in [9.17, 15) is 4.79 Å². The molecule has 0 fully saturated rings. The first-order valence-electron chi connectivity index (χ1n) is 6.09. The highest BCUT2D eigenvalue weighted by Crippen LogP contribution is 1.98. The number of rotatable bonds is 8. The molecule has 0 aliphatic heterocycles. The quantitative estimate of drug-likeness (QED) is 0.606. The van der Waals surface area contributed by atoms with Gasteiger partial charge < -0.3 is 10.6 Å². The van der Waals surface area contributed by atoms with Crippen LogP contribution in [0.3, 0.4) is 0 Å². The zero-order valence-corrected chi connectivity index (χ0v) is 10.6. The Labute approximate surface area is 94.0 Å². The largest absolute Gasteiger partial charge is 0.355 e. The molecule has 3 heteroatoms. The molecule has 1 atom stereocenters. The van der Waals surface area contributed by atoms with Crippen molar-refractivity contribution in [2.24, 2.45) is 5.92 Å². The van der Waals surface area contributed by atoms with Crippen LogP contribution < -0.4 is 10.6 Å². The van der Waals surface area contributed by atoms with Gasteiger partial charge in [0.25, 0.3) is 0 Å². The molecule has 0 aromatic rings. The summed E-state index contributed by atoms with van der Waals surface area (Å²) in [5.41, 5.74) is 0. The van der Waals surface area contributed by atoms with Gasteiger partial charge in [0.05, 0.1) is 0 Å². The Bertz CT molecular complexity index is 169. The van der Waals surface area contributed by atoms with Gasteiger partial charge in [0, 0.05) is 25.0 Å². The Kier molecular flexibility index (Phi) is 8.38. The predicted molar refractivity (Wildman–Crippen MR) is 64.8 cm³/mol. The van der Waals surface area contributed by atoms with Crippen molar-refractivity contribution in [1.29, 1.82) is 0 Å². The number of amides is 1. The highest BCUT2D eigenvalue weighted by Gasteiger charge is 2.05. The van der Waals surface area contributed by atoms with E-state index in [0.29, 0.717) is 6.04 Å². The highest BCUT2D eigenvalue weighted by molar-refractivity contribution is 5.77. The maximum Gasteiger partial charge on any atom is 0.222 e. The third kappa shape index (κ3) is 8.43. The van der Waals surface area contributed by atoms with Crippen LogP contribution in [-0.2, 0) is 4.79 Å². The van der Waals surface area contributed by atoms with Crippen LogP contribution in [0.2, 0.25) is 0 Å². The minimum Gasteiger partial charge on any atom is -0.355 e. The summed E-state index contributed by atoms with van der Waals surface area (Å²) in [6.45, 7) is 9.81. The van der Waals surface area contributed by atoms with E-state index < -0.39 is 0 Å². The van der Waals surface area contributed by atoms with Crippen LogP contribution in [-0.4, -0.2) is 25.0 Å². The molecule has 0 rings (SSSR count). The summed E-state index contributed by atoms with van der Waals surface area (Å²) < 4.78 is 0. The molecular formula is C12H26N2O. The summed E-state index contributed by atoms with van der Waals surface area (Å²) in [5.74, 6) is 0.223. The van der Waals surface area contributed by atoms with Crippen LogP contribution >= 0.6 is 0 Å². The Hall–Kier alpha value is -0.570. The SMILES string of the molecule is CCCCC(C)NCCNC(=O)C(C)C. The first kappa shape index (κ1) is 14.4. The fraction of sp³-hybridized carbons (Fsp3) is 0.917. The Morgan fingerprint density at radius 1 is 1.20 bits per heavy atom. The van der Waals surface area contributed by atoms with E-state index in [1.165, 1.54) is 19.3 Å². The Morgan fingerprint density at radius 2 is 1.87 bits per heavy atom. The van der Waals surface area contributed by atoms with Gasteiger partial charge >= 0.3 is 0 Å². The van der Waals surface area contributed by atoms with E-state index in [1.54, 1.807) is 0 Å². The second-order valence-electron chi connectivity index (χ2n) is 4.44. The molecule has 0 aliphatic carbocycles. The molecule has 1 amide bonds. The van der Waals surface area contributed by atoms with E-state index in [2.05, 4.69) is 24.5 Å². The van der Waals surface area contributed by atoms with Gasteiger partial charge in [0.2, 0.25) is 5.91 Å². The molecule has 0 bridgehead atoms. The summed E-state index contributed by atoms with van der Waals surface area (Å²) in [4.78, 5) is 11.2. The molecule has 0 spiro atoms. The molecule has 0 aromatic carbocycles. The van der Waals surface area contributed by atoms with E-state index in [0.717, 1.165) is 13.1 Å². The normalized spacial score (nSPS) is 12.9. The van der Waals surface area contributed by atoms with Gasteiger partial charge in [-0.25, -0.2) is 0 Å². The fourth-order valence-corrected chi connectivity index (χ4v) is 1.32. The summed E-state index contributed by atoms with van der Waals surface area (Å²) in [7, 11) is 0. The molecule has 3 nitrogen and oxygen atoms in total. The minimum atomic E-state index is 0.0857. The van der Waals surface area contributed by atoms with Crippen molar-refractivity contribution < 1.29 is 4.79 Å². The summed E-state index contributed by atoms with van der Waals surface area (Å²) in [6, 6.07) is 0.556. The predicted octanol–water partition coefficient (Wildman–Crippen LogP) is 1.93. The lowest BCUT2D eigenvalue weighted by atomic mass is 10.1. The third-order valence-corrected chi connectivity index (χ3v) is 2.43. The minimum absolute atomic E-state index is 0.0857. The third-order valence-electron chi connectivity index (χ3n) is 2.43. The number of unbranched alkanes of at least 4 members (excludes halogenated alkanes) is 1. The van der Waals surface area contributed by atoms with Crippen molar-refractivity contribution >= 4 is 5.91 Å². The molecule has 90 valence electrons.